The van der Waals surface area contributed by atoms with Crippen LogP contribution in [-0.2, 0) is 10.2 Å². The largest absolute Gasteiger partial charge is 0.490 e. The number of fused-ring (bicyclic) bond motifs is 2. The van der Waals surface area contributed by atoms with E-state index in [1.807, 2.05) is 0 Å². The third kappa shape index (κ3) is 4.37. The molecule has 2 heterocycles. The minimum absolute atomic E-state index is 0.0527. The monoisotopic (exact) mass is 379 g/mol. The molecular weight excluding hydrogens is 349 g/mol. The van der Waals surface area contributed by atoms with Crippen LogP contribution in [0, 0.1) is 5.82 Å². The molecular formula is C21H30FNO4. The number of unbranched alkanes of at least 4 members (excludes halogenated alkanes) is 3. The molecule has 0 aliphatic carbocycles. The van der Waals surface area contributed by atoms with Gasteiger partial charge in [-0.1, -0.05) is 26.2 Å². The molecule has 1 aromatic carbocycles. The van der Waals surface area contributed by atoms with E-state index in [1.54, 1.807) is 12.1 Å². The zero-order valence-corrected chi connectivity index (χ0v) is 16.1. The fraction of sp³-hybridized carbons (Fsp3) is 0.667. The highest BCUT2D eigenvalue weighted by molar-refractivity contribution is 5.66. The lowest BCUT2D eigenvalue weighted by atomic mass is 9.69. The molecule has 2 aliphatic heterocycles. The van der Waals surface area contributed by atoms with E-state index in [1.165, 1.54) is 0 Å². The van der Waals surface area contributed by atoms with Crippen LogP contribution in [0.5, 0.6) is 11.5 Å². The Balaban J connectivity index is 1.78. The van der Waals surface area contributed by atoms with Crippen LogP contribution in [0.3, 0.4) is 0 Å². The topological polar surface area (TPSA) is 67.8 Å². The van der Waals surface area contributed by atoms with Gasteiger partial charge in [0.2, 0.25) is 0 Å². The van der Waals surface area contributed by atoms with E-state index in [-0.39, 0.29) is 29.5 Å². The first kappa shape index (κ1) is 19.9. The quantitative estimate of drug-likeness (QED) is 0.634. The molecule has 1 atom stereocenters. The highest BCUT2D eigenvalue weighted by Crippen LogP contribution is 2.51. The van der Waals surface area contributed by atoms with Crippen LogP contribution >= 0.6 is 0 Å². The standard InChI is InChI=1S/C21H30FNO4/c1-2-3-4-5-12-26-18-14-17-15(13-16(18)22)21(8-10-23-11-9-21)19(27-17)6-7-20(24)25/h13-14,19,23H,2-12H2,1H3,(H,24,25). The average molecular weight is 379 g/mol. The van der Waals surface area contributed by atoms with Gasteiger partial charge in [-0.2, -0.15) is 0 Å². The molecule has 0 saturated carbocycles. The smallest absolute Gasteiger partial charge is 0.303 e. The second kappa shape index (κ2) is 8.91. The summed E-state index contributed by atoms with van der Waals surface area (Å²) in [4.78, 5) is 11.1. The maximum Gasteiger partial charge on any atom is 0.303 e. The van der Waals surface area contributed by atoms with Crippen LogP contribution < -0.4 is 14.8 Å². The minimum Gasteiger partial charge on any atom is -0.490 e. The second-order valence-electron chi connectivity index (χ2n) is 7.63. The molecule has 0 radical (unpaired) electrons. The molecule has 3 rings (SSSR count). The highest BCUT2D eigenvalue weighted by Gasteiger charge is 2.49. The van der Waals surface area contributed by atoms with Crippen LogP contribution in [0.25, 0.3) is 0 Å². The van der Waals surface area contributed by atoms with Gasteiger partial charge in [0.25, 0.3) is 0 Å². The number of rotatable bonds is 9. The fourth-order valence-corrected chi connectivity index (χ4v) is 4.34. The number of halogens is 1. The van der Waals surface area contributed by atoms with Crippen LogP contribution in [0.2, 0.25) is 0 Å². The summed E-state index contributed by atoms with van der Waals surface area (Å²) in [6.07, 6.45) is 6.17. The summed E-state index contributed by atoms with van der Waals surface area (Å²) in [6.45, 7) is 4.29. The zero-order valence-electron chi connectivity index (χ0n) is 16.1. The Hall–Kier alpha value is -1.82. The van der Waals surface area contributed by atoms with E-state index < -0.39 is 5.97 Å². The van der Waals surface area contributed by atoms with Gasteiger partial charge in [0, 0.05) is 23.5 Å². The Bertz CT molecular complexity index is 658. The summed E-state index contributed by atoms with van der Waals surface area (Å²) in [5.74, 6) is -0.309. The van der Waals surface area contributed by atoms with Crippen LogP contribution in [0.1, 0.15) is 63.9 Å². The Morgan fingerprint density at radius 2 is 2.11 bits per heavy atom. The molecule has 1 aromatic rings. The number of hydrogen-bond donors (Lipinski definition) is 2. The van der Waals surface area contributed by atoms with E-state index in [4.69, 9.17) is 14.6 Å². The molecule has 1 saturated heterocycles. The Labute approximate surface area is 160 Å². The maximum atomic E-state index is 14.7. The van der Waals surface area contributed by atoms with E-state index in [0.29, 0.717) is 18.8 Å². The van der Waals surface area contributed by atoms with Crippen molar-refractivity contribution in [3.05, 3.63) is 23.5 Å². The molecule has 2 N–H and O–H groups in total. The van der Waals surface area contributed by atoms with Gasteiger partial charge in [0.05, 0.1) is 6.61 Å². The van der Waals surface area contributed by atoms with Gasteiger partial charge in [-0.15, -0.1) is 0 Å². The fourth-order valence-electron chi connectivity index (χ4n) is 4.34. The first-order valence-corrected chi connectivity index (χ1v) is 10.1. The van der Waals surface area contributed by atoms with Crippen molar-refractivity contribution in [1.29, 1.82) is 0 Å². The molecule has 6 heteroatoms. The van der Waals surface area contributed by atoms with E-state index >= 15 is 0 Å². The first-order chi connectivity index (χ1) is 13.1. The summed E-state index contributed by atoms with van der Waals surface area (Å²) in [7, 11) is 0. The van der Waals surface area contributed by atoms with Crippen molar-refractivity contribution in [1.82, 2.24) is 5.32 Å². The van der Waals surface area contributed by atoms with E-state index in [0.717, 1.165) is 57.2 Å². The number of piperidine rings is 1. The second-order valence-corrected chi connectivity index (χ2v) is 7.63. The number of benzene rings is 1. The number of ether oxygens (including phenoxy) is 2. The lowest BCUT2D eigenvalue weighted by Crippen LogP contribution is -2.46. The number of hydrogen-bond acceptors (Lipinski definition) is 4. The van der Waals surface area contributed by atoms with Crippen molar-refractivity contribution >= 4 is 5.97 Å². The van der Waals surface area contributed by atoms with Gasteiger partial charge in [0.1, 0.15) is 11.9 Å². The number of aliphatic carboxylic acids is 1. The molecule has 150 valence electrons. The summed E-state index contributed by atoms with van der Waals surface area (Å²) in [5.41, 5.74) is 0.562. The van der Waals surface area contributed by atoms with E-state index in [2.05, 4.69) is 12.2 Å². The van der Waals surface area contributed by atoms with Crippen LogP contribution in [0.4, 0.5) is 4.39 Å². The Morgan fingerprint density at radius 3 is 2.81 bits per heavy atom. The Kier molecular flexibility index (Phi) is 6.58. The zero-order chi connectivity index (χ0) is 19.3. The first-order valence-electron chi connectivity index (χ1n) is 10.1. The highest BCUT2D eigenvalue weighted by atomic mass is 19.1. The number of carboxylic acids is 1. The molecule has 0 bridgehead atoms. The molecule has 0 aromatic heterocycles. The van der Waals surface area contributed by atoms with Crippen molar-refractivity contribution in [2.75, 3.05) is 19.7 Å². The van der Waals surface area contributed by atoms with Gasteiger partial charge in [-0.3, -0.25) is 4.79 Å². The lowest BCUT2D eigenvalue weighted by molar-refractivity contribution is -0.137. The summed E-state index contributed by atoms with van der Waals surface area (Å²) in [5, 5.41) is 12.4. The van der Waals surface area contributed by atoms with Gasteiger partial charge >= 0.3 is 5.97 Å². The normalized spacial score (nSPS) is 20.3. The lowest BCUT2D eigenvalue weighted by Gasteiger charge is -2.38. The maximum absolute atomic E-state index is 14.7. The molecule has 1 spiro atoms. The van der Waals surface area contributed by atoms with Crippen molar-refractivity contribution in [3.8, 4) is 11.5 Å². The summed E-state index contributed by atoms with van der Waals surface area (Å²) < 4.78 is 26.5. The third-order valence-corrected chi connectivity index (χ3v) is 5.83. The molecule has 1 unspecified atom stereocenters. The van der Waals surface area contributed by atoms with Crippen molar-refractivity contribution < 1.29 is 23.8 Å². The van der Waals surface area contributed by atoms with E-state index in [9.17, 15) is 9.18 Å². The van der Waals surface area contributed by atoms with Crippen molar-refractivity contribution in [2.24, 2.45) is 0 Å². The molecule has 5 nitrogen and oxygen atoms in total. The molecule has 1 fully saturated rings. The molecule has 2 aliphatic rings. The van der Waals surface area contributed by atoms with Gasteiger partial charge in [-0.25, -0.2) is 4.39 Å². The van der Waals surface area contributed by atoms with Gasteiger partial charge in [-0.05, 0) is 44.8 Å². The molecule has 0 amide bonds. The number of carbonyl (C=O) groups is 1. The third-order valence-electron chi connectivity index (χ3n) is 5.83. The van der Waals surface area contributed by atoms with Crippen LogP contribution in [-0.4, -0.2) is 36.9 Å². The number of nitrogens with one attached hydrogen (secondary N) is 1. The summed E-state index contributed by atoms with van der Waals surface area (Å²) in [6, 6.07) is 3.22. The minimum atomic E-state index is -0.832. The summed E-state index contributed by atoms with van der Waals surface area (Å²) >= 11 is 0. The number of carboxylic acid groups (broad SMARTS) is 1. The predicted molar refractivity (Wildman–Crippen MR) is 101 cm³/mol. The SMILES string of the molecule is CCCCCCOc1cc2c(cc1F)C1(CCNCC1)C(CCC(=O)O)O2. The van der Waals surface area contributed by atoms with Gasteiger partial charge in [0.15, 0.2) is 11.6 Å². The average Bonchev–Trinajstić information content (AvgIpc) is 2.93. The Morgan fingerprint density at radius 1 is 1.33 bits per heavy atom. The molecule has 27 heavy (non-hydrogen) atoms. The van der Waals surface area contributed by atoms with Gasteiger partial charge < -0.3 is 19.9 Å². The van der Waals surface area contributed by atoms with Crippen molar-refractivity contribution in [2.45, 2.75) is 69.8 Å². The predicted octanol–water partition coefficient (Wildman–Crippen LogP) is 4.03. The van der Waals surface area contributed by atoms with Crippen molar-refractivity contribution in [3.63, 3.8) is 0 Å². The van der Waals surface area contributed by atoms with Crippen LogP contribution in [0.15, 0.2) is 12.1 Å².